The number of rotatable bonds is 3. The second kappa shape index (κ2) is 4.52. The average Bonchev–Trinajstić information content (AvgIpc) is 2.78. The predicted molar refractivity (Wildman–Crippen MR) is 59.6 cm³/mol. The van der Waals surface area contributed by atoms with Crippen LogP contribution in [0.25, 0.3) is 12.2 Å². The van der Waals surface area contributed by atoms with Gasteiger partial charge in [-0.05, 0) is 24.3 Å². The summed E-state index contributed by atoms with van der Waals surface area (Å²) in [5, 5.41) is 8.71. The zero-order valence-electron chi connectivity index (χ0n) is 8.62. The Morgan fingerprint density at radius 2 is 2.00 bits per heavy atom. The first-order valence-electron chi connectivity index (χ1n) is 4.75. The highest BCUT2D eigenvalue weighted by atomic mass is 16.4. The molecule has 0 bridgehead atoms. The second-order valence-electron chi connectivity index (χ2n) is 3.21. The van der Waals surface area contributed by atoms with Gasteiger partial charge in [0, 0.05) is 12.1 Å². The van der Waals surface area contributed by atoms with Crippen molar-refractivity contribution in [2.45, 2.75) is 0 Å². The van der Waals surface area contributed by atoms with Gasteiger partial charge in [-0.1, -0.05) is 0 Å². The van der Waals surface area contributed by atoms with E-state index in [9.17, 15) is 9.59 Å². The van der Waals surface area contributed by atoms with Gasteiger partial charge in [0.05, 0.1) is 6.26 Å². The molecule has 2 rings (SSSR count). The van der Waals surface area contributed by atoms with Gasteiger partial charge < -0.3 is 13.9 Å². The molecule has 0 saturated carbocycles. The van der Waals surface area contributed by atoms with Gasteiger partial charge >= 0.3 is 5.97 Å². The summed E-state index contributed by atoms with van der Waals surface area (Å²) in [5.74, 6) is -0.938. The Labute approximate surface area is 95.6 Å². The van der Waals surface area contributed by atoms with Crippen molar-refractivity contribution in [1.29, 1.82) is 0 Å². The third-order valence-corrected chi connectivity index (χ3v) is 1.95. The average molecular weight is 232 g/mol. The van der Waals surface area contributed by atoms with E-state index >= 15 is 0 Å². The van der Waals surface area contributed by atoms with Gasteiger partial charge in [-0.2, -0.15) is 0 Å². The first kappa shape index (κ1) is 10.9. The fraction of sp³-hybridized carbons (Fsp3) is 0. The summed E-state index contributed by atoms with van der Waals surface area (Å²) in [5.41, 5.74) is -0.423. The molecule has 0 fully saturated rings. The summed E-state index contributed by atoms with van der Waals surface area (Å²) in [6, 6.07) is 5.55. The zero-order valence-corrected chi connectivity index (χ0v) is 8.62. The smallest absolute Gasteiger partial charge is 0.371 e. The Bertz CT molecular complexity index is 604. The van der Waals surface area contributed by atoms with Crippen molar-refractivity contribution in [1.82, 2.24) is 0 Å². The molecular weight excluding hydrogens is 224 g/mol. The lowest BCUT2D eigenvalue weighted by Gasteiger charge is -1.95. The molecule has 0 aliphatic carbocycles. The van der Waals surface area contributed by atoms with Crippen LogP contribution in [-0.4, -0.2) is 11.1 Å². The van der Waals surface area contributed by atoms with Crippen LogP contribution in [0.5, 0.6) is 0 Å². The molecule has 5 nitrogen and oxygen atoms in total. The van der Waals surface area contributed by atoms with E-state index in [1.807, 2.05) is 0 Å². The standard InChI is InChI=1S/C12H8O5/c13-8-6-10(17-11(7-8)12(14)15)4-3-9-2-1-5-16-9/h1-7H,(H,14,15)/b4-3+. The van der Waals surface area contributed by atoms with Crippen molar-refractivity contribution in [2.75, 3.05) is 0 Å². The molecule has 0 radical (unpaired) electrons. The summed E-state index contributed by atoms with van der Waals surface area (Å²) in [6.45, 7) is 0. The fourth-order valence-electron chi connectivity index (χ4n) is 1.23. The number of aromatic carboxylic acids is 1. The highest BCUT2D eigenvalue weighted by Crippen LogP contribution is 2.08. The highest BCUT2D eigenvalue weighted by molar-refractivity contribution is 5.84. The Hall–Kier alpha value is -2.56. The van der Waals surface area contributed by atoms with Gasteiger partial charge in [0.15, 0.2) is 5.43 Å². The molecule has 0 saturated heterocycles. The van der Waals surface area contributed by atoms with Gasteiger partial charge in [-0.3, -0.25) is 4.79 Å². The first-order chi connectivity index (χ1) is 8.15. The van der Waals surface area contributed by atoms with Crippen LogP contribution in [0.15, 0.2) is 44.2 Å². The first-order valence-corrected chi connectivity index (χ1v) is 4.75. The lowest BCUT2D eigenvalue weighted by molar-refractivity contribution is 0.0659. The SMILES string of the molecule is O=C(O)c1cc(=O)cc(/C=C/c2ccco2)o1. The molecule has 0 atom stereocenters. The quantitative estimate of drug-likeness (QED) is 0.876. The number of furan rings is 1. The largest absolute Gasteiger partial charge is 0.475 e. The van der Waals surface area contributed by atoms with E-state index in [1.165, 1.54) is 18.4 Å². The molecule has 2 aromatic heterocycles. The molecule has 17 heavy (non-hydrogen) atoms. The molecule has 86 valence electrons. The number of carboxylic acid groups (broad SMARTS) is 1. The third kappa shape index (κ3) is 2.72. The minimum atomic E-state index is -1.28. The molecular formula is C12H8O5. The van der Waals surface area contributed by atoms with Gasteiger partial charge in [-0.15, -0.1) is 0 Å². The molecule has 2 aromatic rings. The van der Waals surface area contributed by atoms with Crippen molar-refractivity contribution in [3.05, 3.63) is 58.0 Å². The summed E-state index contributed by atoms with van der Waals surface area (Å²) in [7, 11) is 0. The van der Waals surface area contributed by atoms with E-state index in [2.05, 4.69) is 0 Å². The van der Waals surface area contributed by atoms with E-state index < -0.39 is 17.2 Å². The van der Waals surface area contributed by atoms with E-state index in [-0.39, 0.29) is 5.76 Å². The maximum atomic E-state index is 11.2. The topological polar surface area (TPSA) is 80.6 Å². The lowest BCUT2D eigenvalue weighted by atomic mass is 10.3. The van der Waals surface area contributed by atoms with E-state index in [1.54, 1.807) is 18.2 Å². The van der Waals surface area contributed by atoms with Crippen LogP contribution in [0.2, 0.25) is 0 Å². The minimum absolute atomic E-state index is 0.159. The van der Waals surface area contributed by atoms with Crippen LogP contribution >= 0.6 is 0 Å². The van der Waals surface area contributed by atoms with Crippen molar-refractivity contribution < 1.29 is 18.7 Å². The van der Waals surface area contributed by atoms with Crippen LogP contribution in [0, 0.1) is 0 Å². The molecule has 1 N–H and O–H groups in total. The van der Waals surface area contributed by atoms with Gasteiger partial charge in [-0.25, -0.2) is 4.79 Å². The molecule has 0 aliphatic rings. The Balaban J connectivity index is 2.33. The lowest BCUT2D eigenvalue weighted by Crippen LogP contribution is -2.05. The summed E-state index contributed by atoms with van der Waals surface area (Å²) in [4.78, 5) is 21.9. The number of carbonyl (C=O) groups is 1. The van der Waals surface area contributed by atoms with Gasteiger partial charge in [0.2, 0.25) is 5.76 Å². The van der Waals surface area contributed by atoms with Crippen molar-refractivity contribution >= 4 is 18.1 Å². The molecule has 5 heteroatoms. The molecule has 0 spiro atoms. The van der Waals surface area contributed by atoms with E-state index in [0.29, 0.717) is 5.76 Å². The van der Waals surface area contributed by atoms with Crippen LogP contribution in [0.4, 0.5) is 0 Å². The van der Waals surface area contributed by atoms with Crippen LogP contribution in [-0.2, 0) is 0 Å². The number of carboxylic acids is 1. The van der Waals surface area contributed by atoms with E-state index in [0.717, 1.165) is 6.07 Å². The normalized spacial score (nSPS) is 10.8. The van der Waals surface area contributed by atoms with Crippen LogP contribution in [0.1, 0.15) is 22.1 Å². The van der Waals surface area contributed by atoms with Gasteiger partial charge in [0.25, 0.3) is 0 Å². The third-order valence-electron chi connectivity index (χ3n) is 1.95. The maximum Gasteiger partial charge on any atom is 0.371 e. The predicted octanol–water partition coefficient (Wildman–Crippen LogP) is 2.10. The molecule has 0 amide bonds. The molecule has 0 unspecified atom stereocenters. The van der Waals surface area contributed by atoms with Crippen LogP contribution in [0.3, 0.4) is 0 Å². The summed E-state index contributed by atoms with van der Waals surface area (Å²) >= 11 is 0. The molecule has 2 heterocycles. The molecule has 0 aromatic carbocycles. The second-order valence-corrected chi connectivity index (χ2v) is 3.21. The Kier molecular flexibility index (Phi) is 2.91. The van der Waals surface area contributed by atoms with Crippen LogP contribution < -0.4 is 5.43 Å². The highest BCUT2D eigenvalue weighted by Gasteiger charge is 2.07. The number of hydrogen-bond donors (Lipinski definition) is 1. The zero-order chi connectivity index (χ0) is 12.3. The number of hydrogen-bond acceptors (Lipinski definition) is 4. The minimum Gasteiger partial charge on any atom is -0.475 e. The van der Waals surface area contributed by atoms with E-state index in [4.69, 9.17) is 13.9 Å². The Morgan fingerprint density at radius 3 is 2.65 bits per heavy atom. The fourth-order valence-corrected chi connectivity index (χ4v) is 1.23. The Morgan fingerprint density at radius 1 is 1.24 bits per heavy atom. The monoisotopic (exact) mass is 232 g/mol. The van der Waals surface area contributed by atoms with Gasteiger partial charge in [0.1, 0.15) is 11.5 Å². The van der Waals surface area contributed by atoms with Crippen molar-refractivity contribution in [3.8, 4) is 0 Å². The molecule has 0 aliphatic heterocycles. The van der Waals surface area contributed by atoms with Crippen molar-refractivity contribution in [3.63, 3.8) is 0 Å². The summed E-state index contributed by atoms with van der Waals surface area (Å²) < 4.78 is 10.0. The maximum absolute atomic E-state index is 11.2. The summed E-state index contributed by atoms with van der Waals surface area (Å²) in [6.07, 6.45) is 4.54. The van der Waals surface area contributed by atoms with Crippen molar-refractivity contribution in [2.24, 2.45) is 0 Å².